The number of anilines is 1. The molecule has 0 aliphatic heterocycles. The molecule has 0 fully saturated rings. The molecule has 0 aliphatic carbocycles. The zero-order valence-electron chi connectivity index (χ0n) is 14.0. The second-order valence-corrected chi connectivity index (χ2v) is 6.80. The van der Waals surface area contributed by atoms with Crippen LogP contribution in [0.2, 0.25) is 0 Å². The topological polar surface area (TPSA) is 72.5 Å². The van der Waals surface area contributed by atoms with Crippen LogP contribution in [-0.4, -0.2) is 28.4 Å². The van der Waals surface area contributed by atoms with Crippen molar-refractivity contribution < 1.29 is 22.9 Å². The van der Waals surface area contributed by atoms with Crippen LogP contribution in [-0.2, 0) is 20.3 Å². The maximum Gasteiger partial charge on any atom is 0.340 e. The molecule has 0 unspecified atom stereocenters. The Bertz CT molecular complexity index is 838. The summed E-state index contributed by atoms with van der Waals surface area (Å²) in [5, 5.41) is 2.49. The third-order valence-electron chi connectivity index (χ3n) is 3.51. The highest BCUT2D eigenvalue weighted by atomic mass is 32.2. The van der Waals surface area contributed by atoms with Crippen LogP contribution in [0.25, 0.3) is 0 Å². The highest BCUT2D eigenvalue weighted by molar-refractivity contribution is 7.84. The van der Waals surface area contributed by atoms with Gasteiger partial charge in [0.05, 0.1) is 21.3 Å². The maximum absolute atomic E-state index is 13.5. The molecule has 0 aliphatic rings. The molecular formula is C18H18FNO4S. The van der Waals surface area contributed by atoms with Crippen molar-refractivity contribution in [3.8, 4) is 0 Å². The molecule has 7 heteroatoms. The van der Waals surface area contributed by atoms with Gasteiger partial charge in [0.1, 0.15) is 5.82 Å². The summed E-state index contributed by atoms with van der Waals surface area (Å²) in [5.74, 6) is -1.78. The minimum absolute atomic E-state index is 0.143. The summed E-state index contributed by atoms with van der Waals surface area (Å²) in [6.45, 7) is 3.02. The van der Waals surface area contributed by atoms with E-state index in [1.54, 1.807) is 31.2 Å². The molecule has 25 heavy (non-hydrogen) atoms. The van der Waals surface area contributed by atoms with E-state index in [0.717, 1.165) is 0 Å². The van der Waals surface area contributed by atoms with Gasteiger partial charge >= 0.3 is 5.97 Å². The molecule has 0 bridgehead atoms. The molecular weight excluding hydrogens is 345 g/mol. The first-order valence-corrected chi connectivity index (χ1v) is 9.06. The molecule has 2 atom stereocenters. The number of carbonyl (C=O) groups is 2. The van der Waals surface area contributed by atoms with Crippen LogP contribution >= 0.6 is 0 Å². The van der Waals surface area contributed by atoms with E-state index < -0.39 is 34.6 Å². The van der Waals surface area contributed by atoms with E-state index in [0.29, 0.717) is 10.5 Å². The van der Waals surface area contributed by atoms with Crippen LogP contribution in [0.4, 0.5) is 10.1 Å². The van der Waals surface area contributed by atoms with E-state index >= 15 is 0 Å². The lowest BCUT2D eigenvalue weighted by atomic mass is 10.2. The van der Waals surface area contributed by atoms with Crippen LogP contribution < -0.4 is 5.32 Å². The van der Waals surface area contributed by atoms with Crippen molar-refractivity contribution in [2.45, 2.75) is 24.8 Å². The number of nitrogens with one attached hydrogen (secondary N) is 1. The van der Waals surface area contributed by atoms with E-state index in [2.05, 4.69) is 5.32 Å². The Morgan fingerprint density at radius 1 is 1.20 bits per heavy atom. The van der Waals surface area contributed by atoms with Crippen molar-refractivity contribution in [2.75, 3.05) is 11.6 Å². The Labute approximate surface area is 147 Å². The van der Waals surface area contributed by atoms with E-state index in [1.807, 2.05) is 0 Å². The van der Waals surface area contributed by atoms with Crippen molar-refractivity contribution in [3.05, 3.63) is 59.4 Å². The quantitative estimate of drug-likeness (QED) is 0.829. The Balaban J connectivity index is 2.07. The Morgan fingerprint density at radius 3 is 2.52 bits per heavy atom. The normalized spacial score (nSPS) is 13.0. The lowest BCUT2D eigenvalue weighted by Crippen LogP contribution is -2.30. The molecule has 132 valence electrons. The van der Waals surface area contributed by atoms with E-state index in [-0.39, 0.29) is 11.3 Å². The number of ether oxygens (including phenoxy) is 1. The van der Waals surface area contributed by atoms with E-state index in [9.17, 15) is 18.2 Å². The fourth-order valence-corrected chi connectivity index (χ4v) is 2.81. The number of aryl methyl sites for hydroxylation is 1. The lowest BCUT2D eigenvalue weighted by molar-refractivity contribution is -0.123. The van der Waals surface area contributed by atoms with Gasteiger partial charge in [-0.15, -0.1) is 0 Å². The smallest absolute Gasteiger partial charge is 0.340 e. The zero-order chi connectivity index (χ0) is 18.6. The second-order valence-electron chi connectivity index (χ2n) is 5.45. The maximum atomic E-state index is 13.5. The molecule has 2 aromatic carbocycles. The first-order valence-electron chi connectivity index (χ1n) is 7.50. The van der Waals surface area contributed by atoms with Gasteiger partial charge in [-0.1, -0.05) is 18.2 Å². The molecule has 0 saturated carbocycles. The van der Waals surface area contributed by atoms with Gasteiger partial charge in [-0.05, 0) is 43.7 Å². The number of esters is 1. The summed E-state index contributed by atoms with van der Waals surface area (Å²) in [5.41, 5.74) is 0.872. The Morgan fingerprint density at radius 2 is 1.88 bits per heavy atom. The average molecular weight is 363 g/mol. The molecule has 0 radical (unpaired) electrons. The molecule has 0 spiro atoms. The van der Waals surface area contributed by atoms with Crippen molar-refractivity contribution in [1.82, 2.24) is 0 Å². The van der Waals surface area contributed by atoms with Crippen molar-refractivity contribution in [2.24, 2.45) is 0 Å². The number of rotatable bonds is 5. The van der Waals surface area contributed by atoms with Gasteiger partial charge in [0.2, 0.25) is 0 Å². The minimum atomic E-state index is -1.37. The summed E-state index contributed by atoms with van der Waals surface area (Å²) in [6.07, 6.45) is 0.351. The number of hydrogen-bond acceptors (Lipinski definition) is 4. The Kier molecular flexibility index (Phi) is 6.03. The molecule has 1 N–H and O–H groups in total. The number of halogens is 1. The lowest BCUT2D eigenvalue weighted by Gasteiger charge is -2.15. The predicted octanol–water partition coefficient (Wildman–Crippen LogP) is 3.06. The molecule has 0 heterocycles. The number of carbonyl (C=O) groups excluding carboxylic acids is 2. The average Bonchev–Trinajstić information content (AvgIpc) is 2.58. The molecule has 0 aromatic heterocycles. The zero-order valence-corrected chi connectivity index (χ0v) is 14.9. The number of amides is 1. The fourth-order valence-electron chi connectivity index (χ4n) is 2.08. The van der Waals surface area contributed by atoms with Gasteiger partial charge in [-0.25, -0.2) is 9.18 Å². The van der Waals surface area contributed by atoms with Crippen LogP contribution in [0.15, 0.2) is 47.4 Å². The SMILES string of the molecule is Cc1ccc(NC(=O)[C@H](C)OC(=O)c2ccccc2[S@@](C)=O)cc1F. The summed E-state index contributed by atoms with van der Waals surface area (Å²) >= 11 is 0. The summed E-state index contributed by atoms with van der Waals surface area (Å²) in [6, 6.07) is 10.6. The highest BCUT2D eigenvalue weighted by Gasteiger charge is 2.21. The van der Waals surface area contributed by atoms with Crippen molar-refractivity contribution in [1.29, 1.82) is 0 Å². The molecule has 0 saturated heterocycles. The van der Waals surface area contributed by atoms with Crippen molar-refractivity contribution in [3.63, 3.8) is 0 Å². The highest BCUT2D eigenvalue weighted by Crippen LogP contribution is 2.16. The minimum Gasteiger partial charge on any atom is -0.449 e. The second kappa shape index (κ2) is 8.02. The van der Waals surface area contributed by atoms with E-state index in [4.69, 9.17) is 4.74 Å². The first kappa shape index (κ1) is 18.8. The fraction of sp³-hybridized carbons (Fsp3) is 0.222. The van der Waals surface area contributed by atoms with Gasteiger partial charge in [-0.3, -0.25) is 9.00 Å². The predicted molar refractivity (Wildman–Crippen MR) is 93.4 cm³/mol. The standard InChI is InChI=1S/C18H18FNO4S/c1-11-8-9-13(10-15(11)19)20-17(21)12(2)24-18(22)14-6-4-5-7-16(14)25(3)23/h4-10,12H,1-3H3,(H,20,21)/t12-,25+/m0/s1. The van der Waals surface area contributed by atoms with E-state index in [1.165, 1.54) is 31.4 Å². The van der Waals surface area contributed by atoms with Gasteiger partial charge in [-0.2, -0.15) is 0 Å². The van der Waals surface area contributed by atoms with Crippen LogP contribution in [0.5, 0.6) is 0 Å². The van der Waals surface area contributed by atoms with Crippen LogP contribution in [0.1, 0.15) is 22.8 Å². The summed E-state index contributed by atoms with van der Waals surface area (Å²) in [7, 11) is -1.37. The van der Waals surface area contributed by atoms with Gasteiger partial charge in [0.25, 0.3) is 5.91 Å². The molecule has 2 rings (SSSR count). The molecule has 1 amide bonds. The Hall–Kier alpha value is -2.54. The van der Waals surface area contributed by atoms with Crippen LogP contribution in [0.3, 0.4) is 0 Å². The van der Waals surface area contributed by atoms with Crippen LogP contribution in [0, 0.1) is 12.7 Å². The largest absolute Gasteiger partial charge is 0.449 e. The molecule has 2 aromatic rings. The monoisotopic (exact) mass is 363 g/mol. The number of hydrogen-bond donors (Lipinski definition) is 1. The third kappa shape index (κ3) is 4.73. The molecule has 5 nitrogen and oxygen atoms in total. The summed E-state index contributed by atoms with van der Waals surface area (Å²) in [4.78, 5) is 24.7. The third-order valence-corrected chi connectivity index (χ3v) is 4.48. The van der Waals surface area contributed by atoms with Crippen molar-refractivity contribution >= 4 is 28.4 Å². The van der Waals surface area contributed by atoms with Gasteiger partial charge in [0, 0.05) is 11.9 Å². The van der Waals surface area contributed by atoms with Gasteiger partial charge < -0.3 is 10.1 Å². The first-order chi connectivity index (χ1) is 11.8. The summed E-state index contributed by atoms with van der Waals surface area (Å²) < 4.78 is 30.3. The van der Waals surface area contributed by atoms with Gasteiger partial charge in [0.15, 0.2) is 6.10 Å². The number of benzene rings is 2.